The highest BCUT2D eigenvalue weighted by Gasteiger charge is 2.16. The smallest absolute Gasteiger partial charge is 0.267 e. The second kappa shape index (κ2) is 5.27. The van der Waals surface area contributed by atoms with Crippen molar-refractivity contribution < 1.29 is 4.79 Å². The zero-order valence-electron chi connectivity index (χ0n) is 10.6. The minimum Gasteiger partial charge on any atom is -0.321 e. The number of carbonyl (C=O) groups is 1. The lowest BCUT2D eigenvalue weighted by molar-refractivity contribution is 0.103. The van der Waals surface area contributed by atoms with Gasteiger partial charge in [-0.25, -0.2) is 4.98 Å². The van der Waals surface area contributed by atoms with E-state index < -0.39 is 0 Å². The molecule has 0 saturated carbocycles. The maximum Gasteiger partial charge on any atom is 0.267 e. The Labute approximate surface area is 110 Å². The van der Waals surface area contributed by atoms with E-state index in [-0.39, 0.29) is 5.91 Å². The third kappa shape index (κ3) is 2.73. The Hall–Kier alpha value is -1.75. The number of hydrogen-bond donors (Lipinski definition) is 1. The molecule has 2 aromatic heterocycles. The van der Waals surface area contributed by atoms with Crippen LogP contribution in [0.3, 0.4) is 0 Å². The fraction of sp³-hybridized carbons (Fsp3) is 0.308. The monoisotopic (exact) mass is 261 g/mol. The summed E-state index contributed by atoms with van der Waals surface area (Å²) in [5, 5.41) is 3.84. The first kappa shape index (κ1) is 12.7. The van der Waals surface area contributed by atoms with Crippen LogP contribution in [0.4, 0.5) is 5.69 Å². The highest BCUT2D eigenvalue weighted by molar-refractivity contribution is 7.14. The molecule has 4 nitrogen and oxygen atoms in total. The minimum absolute atomic E-state index is 0.108. The van der Waals surface area contributed by atoms with E-state index in [1.54, 1.807) is 24.5 Å². The normalized spacial score (nSPS) is 10.7. The zero-order chi connectivity index (χ0) is 13.1. The molecule has 0 saturated heterocycles. The molecule has 1 N–H and O–H groups in total. The van der Waals surface area contributed by atoms with Crippen molar-refractivity contribution in [3.63, 3.8) is 0 Å². The van der Waals surface area contributed by atoms with Gasteiger partial charge in [-0.05, 0) is 19.1 Å². The third-order valence-corrected chi connectivity index (χ3v) is 3.91. The molecule has 0 aromatic carbocycles. The largest absolute Gasteiger partial charge is 0.321 e. The van der Waals surface area contributed by atoms with Gasteiger partial charge >= 0.3 is 0 Å². The van der Waals surface area contributed by atoms with Gasteiger partial charge in [-0.3, -0.25) is 9.78 Å². The number of nitrogens with zero attached hydrogens (tertiary/aromatic N) is 2. The summed E-state index contributed by atoms with van der Waals surface area (Å²) in [6, 6.07) is 3.52. The summed E-state index contributed by atoms with van der Waals surface area (Å²) in [5.41, 5.74) is 1.53. The summed E-state index contributed by atoms with van der Waals surface area (Å²) in [6.45, 7) is 6.01. The molecule has 0 aliphatic carbocycles. The van der Waals surface area contributed by atoms with Gasteiger partial charge in [-0.15, -0.1) is 11.3 Å². The molecular weight excluding hydrogens is 246 g/mol. The van der Waals surface area contributed by atoms with E-state index in [1.165, 1.54) is 11.3 Å². The summed E-state index contributed by atoms with van der Waals surface area (Å²) < 4.78 is 0. The second-order valence-electron chi connectivity index (χ2n) is 4.31. The zero-order valence-corrected chi connectivity index (χ0v) is 11.4. The van der Waals surface area contributed by atoms with Crippen molar-refractivity contribution >= 4 is 22.9 Å². The first-order valence-electron chi connectivity index (χ1n) is 5.76. The molecule has 0 aliphatic heterocycles. The van der Waals surface area contributed by atoms with E-state index in [4.69, 9.17) is 0 Å². The van der Waals surface area contributed by atoms with Crippen molar-refractivity contribution in [3.05, 3.63) is 40.1 Å². The van der Waals surface area contributed by atoms with Crippen LogP contribution in [0.25, 0.3) is 0 Å². The second-order valence-corrected chi connectivity index (χ2v) is 5.34. The van der Waals surface area contributed by atoms with Crippen LogP contribution in [-0.4, -0.2) is 15.9 Å². The molecule has 0 aliphatic rings. The summed E-state index contributed by atoms with van der Waals surface area (Å²) >= 11 is 1.46. The van der Waals surface area contributed by atoms with Crippen molar-refractivity contribution in [1.29, 1.82) is 0 Å². The number of anilines is 1. The van der Waals surface area contributed by atoms with Crippen molar-refractivity contribution in [2.45, 2.75) is 26.7 Å². The summed E-state index contributed by atoms with van der Waals surface area (Å²) in [6.07, 6.45) is 3.30. The average Bonchev–Trinajstić information content (AvgIpc) is 2.73. The molecule has 2 heterocycles. The van der Waals surface area contributed by atoms with Crippen LogP contribution in [0, 0.1) is 6.92 Å². The molecule has 0 bridgehead atoms. The molecule has 2 rings (SSSR count). The van der Waals surface area contributed by atoms with Crippen LogP contribution in [0.15, 0.2) is 24.5 Å². The van der Waals surface area contributed by atoms with Gasteiger partial charge in [0.25, 0.3) is 5.91 Å². The maximum atomic E-state index is 12.1. The molecule has 18 heavy (non-hydrogen) atoms. The lowest BCUT2D eigenvalue weighted by atomic mass is 10.2. The molecule has 0 spiro atoms. The summed E-state index contributed by atoms with van der Waals surface area (Å²) in [7, 11) is 0. The predicted molar refractivity (Wildman–Crippen MR) is 73.1 cm³/mol. The molecule has 2 aromatic rings. The highest BCUT2D eigenvalue weighted by Crippen LogP contribution is 2.25. The van der Waals surface area contributed by atoms with Gasteiger partial charge in [0.1, 0.15) is 4.88 Å². The van der Waals surface area contributed by atoms with Gasteiger partial charge in [0.05, 0.1) is 10.7 Å². The molecule has 0 radical (unpaired) electrons. The fourth-order valence-corrected chi connectivity index (χ4v) is 2.46. The van der Waals surface area contributed by atoms with Gasteiger partial charge in [-0.2, -0.15) is 0 Å². The standard InChI is InChI=1S/C13H15N3OS/c1-8(2)13-15-9(3)11(18-13)12(17)16-10-4-6-14-7-5-10/h4-8H,1-3H3,(H,14,16,17). The van der Waals surface area contributed by atoms with Crippen molar-refractivity contribution in [2.75, 3.05) is 5.32 Å². The van der Waals surface area contributed by atoms with Crippen molar-refractivity contribution in [1.82, 2.24) is 9.97 Å². The third-order valence-electron chi connectivity index (χ3n) is 2.45. The minimum atomic E-state index is -0.108. The molecule has 94 valence electrons. The van der Waals surface area contributed by atoms with E-state index in [0.29, 0.717) is 10.8 Å². The number of rotatable bonds is 3. The van der Waals surface area contributed by atoms with Crippen LogP contribution in [-0.2, 0) is 0 Å². The lowest BCUT2D eigenvalue weighted by Crippen LogP contribution is -2.11. The van der Waals surface area contributed by atoms with E-state index in [1.807, 2.05) is 6.92 Å². The Morgan fingerprint density at radius 1 is 1.33 bits per heavy atom. The van der Waals surface area contributed by atoms with Gasteiger partial charge in [0.2, 0.25) is 0 Å². The molecule has 5 heteroatoms. The number of pyridine rings is 1. The van der Waals surface area contributed by atoms with Crippen molar-refractivity contribution in [3.8, 4) is 0 Å². The van der Waals surface area contributed by atoms with Gasteiger partial charge in [-0.1, -0.05) is 13.8 Å². The molecule has 1 amide bonds. The van der Waals surface area contributed by atoms with Crippen molar-refractivity contribution in [2.24, 2.45) is 0 Å². The number of nitrogens with one attached hydrogen (secondary N) is 1. The fourth-order valence-electron chi connectivity index (χ4n) is 1.50. The van der Waals surface area contributed by atoms with Gasteiger partial charge < -0.3 is 5.32 Å². The number of hydrogen-bond acceptors (Lipinski definition) is 4. The number of amides is 1. The van der Waals surface area contributed by atoms with Crippen LogP contribution >= 0.6 is 11.3 Å². The SMILES string of the molecule is Cc1nc(C(C)C)sc1C(=O)Nc1ccncc1. The van der Waals surface area contributed by atoms with Crippen LogP contribution in [0.5, 0.6) is 0 Å². The molecule has 0 atom stereocenters. The topological polar surface area (TPSA) is 54.9 Å². The Balaban J connectivity index is 2.19. The Bertz CT molecular complexity index is 549. The predicted octanol–water partition coefficient (Wildman–Crippen LogP) is 3.22. The number of aromatic nitrogens is 2. The molecule has 0 unspecified atom stereocenters. The van der Waals surface area contributed by atoms with Gasteiger partial charge in [0.15, 0.2) is 0 Å². The Kier molecular flexibility index (Phi) is 3.72. The van der Waals surface area contributed by atoms with E-state index in [9.17, 15) is 4.79 Å². The van der Waals surface area contributed by atoms with Crippen LogP contribution in [0.2, 0.25) is 0 Å². The number of aryl methyl sites for hydroxylation is 1. The first-order valence-corrected chi connectivity index (χ1v) is 6.58. The Morgan fingerprint density at radius 3 is 2.56 bits per heavy atom. The van der Waals surface area contributed by atoms with E-state index in [0.717, 1.165) is 16.4 Å². The quantitative estimate of drug-likeness (QED) is 0.923. The van der Waals surface area contributed by atoms with E-state index >= 15 is 0 Å². The van der Waals surface area contributed by atoms with E-state index in [2.05, 4.69) is 29.1 Å². The Morgan fingerprint density at radius 2 is 2.00 bits per heavy atom. The molecular formula is C13H15N3OS. The first-order chi connectivity index (χ1) is 8.58. The van der Waals surface area contributed by atoms with Crippen LogP contribution in [0.1, 0.15) is 40.1 Å². The molecule has 0 fully saturated rings. The average molecular weight is 261 g/mol. The lowest BCUT2D eigenvalue weighted by Gasteiger charge is -2.02. The van der Waals surface area contributed by atoms with Gasteiger partial charge in [0, 0.05) is 24.0 Å². The summed E-state index contributed by atoms with van der Waals surface area (Å²) in [5.74, 6) is 0.235. The number of thiazole rings is 1. The highest BCUT2D eigenvalue weighted by atomic mass is 32.1. The van der Waals surface area contributed by atoms with Crippen LogP contribution < -0.4 is 5.32 Å². The number of carbonyl (C=O) groups excluding carboxylic acids is 1. The summed E-state index contributed by atoms with van der Waals surface area (Å²) in [4.78, 5) is 21.1. The maximum absolute atomic E-state index is 12.1.